The molecule has 1 aromatic carbocycles. The second-order valence-corrected chi connectivity index (χ2v) is 4.38. The van der Waals surface area contributed by atoms with Gasteiger partial charge in [0.1, 0.15) is 11.6 Å². The number of aryl methyl sites for hydroxylation is 1. The molecular weight excluding hydrogens is 268 g/mol. The summed E-state index contributed by atoms with van der Waals surface area (Å²) >= 11 is 0. The first-order valence-electron chi connectivity index (χ1n) is 6.37. The molecule has 6 heteroatoms. The van der Waals surface area contributed by atoms with Crippen molar-refractivity contribution in [3.63, 3.8) is 0 Å². The molecule has 21 heavy (non-hydrogen) atoms. The molecule has 0 saturated heterocycles. The molecule has 0 spiro atoms. The van der Waals surface area contributed by atoms with Crippen LogP contribution in [-0.4, -0.2) is 16.5 Å². The Kier molecular flexibility index (Phi) is 4.05. The van der Waals surface area contributed by atoms with Crippen molar-refractivity contribution in [1.29, 1.82) is 5.26 Å². The number of aromatic nitrogens is 1. The van der Waals surface area contributed by atoms with E-state index in [4.69, 9.17) is 11.0 Å². The van der Waals surface area contributed by atoms with Crippen LogP contribution in [0.2, 0.25) is 0 Å². The second-order valence-electron chi connectivity index (χ2n) is 4.38. The van der Waals surface area contributed by atoms with Crippen molar-refractivity contribution < 1.29 is 9.59 Å². The summed E-state index contributed by atoms with van der Waals surface area (Å²) in [5, 5.41) is 11.9. The van der Waals surface area contributed by atoms with Crippen molar-refractivity contribution in [3.8, 4) is 6.07 Å². The molecule has 0 aliphatic rings. The lowest BCUT2D eigenvalue weighted by Gasteiger charge is -1.98. The minimum Gasteiger partial charge on any atom is -0.351 e. The SMILES string of the molecule is CCn1cc(/C=C(/C#N)C(=O)NC(N)=O)c2ccccc21. The first-order valence-corrected chi connectivity index (χ1v) is 6.37. The highest BCUT2D eigenvalue weighted by Gasteiger charge is 2.13. The molecule has 1 heterocycles. The number of rotatable bonds is 3. The number of benzene rings is 1. The van der Waals surface area contributed by atoms with Gasteiger partial charge in [-0.2, -0.15) is 5.26 Å². The van der Waals surface area contributed by atoms with E-state index in [0.717, 1.165) is 23.0 Å². The molecule has 3 amide bonds. The van der Waals surface area contributed by atoms with Crippen LogP contribution in [0.25, 0.3) is 17.0 Å². The number of nitrogens with zero attached hydrogens (tertiary/aromatic N) is 2. The fraction of sp³-hybridized carbons (Fsp3) is 0.133. The van der Waals surface area contributed by atoms with E-state index in [1.807, 2.05) is 47.3 Å². The smallest absolute Gasteiger partial charge is 0.319 e. The van der Waals surface area contributed by atoms with Crippen LogP contribution >= 0.6 is 0 Å². The number of urea groups is 1. The van der Waals surface area contributed by atoms with Gasteiger partial charge in [0.25, 0.3) is 5.91 Å². The van der Waals surface area contributed by atoms with E-state index in [0.29, 0.717) is 0 Å². The van der Waals surface area contributed by atoms with Crippen LogP contribution in [0.3, 0.4) is 0 Å². The van der Waals surface area contributed by atoms with Crippen LogP contribution in [0.1, 0.15) is 12.5 Å². The quantitative estimate of drug-likeness (QED) is 0.662. The maximum Gasteiger partial charge on any atom is 0.319 e. The third-order valence-corrected chi connectivity index (χ3v) is 3.06. The van der Waals surface area contributed by atoms with Gasteiger partial charge in [0.05, 0.1) is 0 Å². The van der Waals surface area contributed by atoms with Gasteiger partial charge in [0.15, 0.2) is 0 Å². The Labute approximate surface area is 121 Å². The van der Waals surface area contributed by atoms with Gasteiger partial charge < -0.3 is 10.3 Å². The molecule has 2 aromatic rings. The molecule has 0 unspecified atom stereocenters. The maximum absolute atomic E-state index is 11.7. The minimum absolute atomic E-state index is 0.173. The Morgan fingerprint density at radius 2 is 2.14 bits per heavy atom. The number of nitrogens with one attached hydrogen (secondary N) is 1. The van der Waals surface area contributed by atoms with Crippen LogP contribution in [0.4, 0.5) is 4.79 Å². The second kappa shape index (κ2) is 5.92. The maximum atomic E-state index is 11.7. The Balaban J connectivity index is 2.51. The van der Waals surface area contributed by atoms with Crippen LogP contribution in [-0.2, 0) is 11.3 Å². The summed E-state index contributed by atoms with van der Waals surface area (Å²) in [5.41, 5.74) is 6.46. The summed E-state index contributed by atoms with van der Waals surface area (Å²) in [6, 6.07) is 8.47. The summed E-state index contributed by atoms with van der Waals surface area (Å²) in [7, 11) is 0. The zero-order valence-corrected chi connectivity index (χ0v) is 11.5. The number of para-hydroxylation sites is 1. The Morgan fingerprint density at radius 3 is 2.76 bits per heavy atom. The predicted molar refractivity (Wildman–Crippen MR) is 78.9 cm³/mol. The van der Waals surface area contributed by atoms with E-state index in [9.17, 15) is 9.59 Å². The Morgan fingerprint density at radius 1 is 1.43 bits per heavy atom. The Bertz CT molecular complexity index is 781. The number of primary amides is 1. The summed E-state index contributed by atoms with van der Waals surface area (Å²) in [6.45, 7) is 2.77. The van der Waals surface area contributed by atoms with Crippen molar-refractivity contribution in [2.45, 2.75) is 13.5 Å². The number of carbonyl (C=O) groups excluding carboxylic acids is 2. The van der Waals surface area contributed by atoms with Gasteiger partial charge in [-0.15, -0.1) is 0 Å². The van der Waals surface area contributed by atoms with Crippen LogP contribution in [0, 0.1) is 11.3 Å². The van der Waals surface area contributed by atoms with Crippen molar-refractivity contribution >= 4 is 28.9 Å². The highest BCUT2D eigenvalue weighted by atomic mass is 16.2. The molecule has 2 rings (SSSR count). The average Bonchev–Trinajstić information content (AvgIpc) is 2.82. The summed E-state index contributed by atoms with van der Waals surface area (Å²) in [6.07, 6.45) is 3.31. The highest BCUT2D eigenvalue weighted by Crippen LogP contribution is 2.23. The zero-order valence-electron chi connectivity index (χ0n) is 11.5. The largest absolute Gasteiger partial charge is 0.351 e. The molecule has 3 N–H and O–H groups in total. The predicted octanol–water partition coefficient (Wildman–Crippen LogP) is 1.76. The average molecular weight is 282 g/mol. The molecule has 0 atom stereocenters. The van der Waals surface area contributed by atoms with Gasteiger partial charge in [-0.25, -0.2) is 4.79 Å². The van der Waals surface area contributed by atoms with Crippen molar-refractivity contribution in [1.82, 2.24) is 9.88 Å². The molecular formula is C15H14N4O2. The summed E-state index contributed by atoms with van der Waals surface area (Å²) < 4.78 is 2.02. The summed E-state index contributed by atoms with van der Waals surface area (Å²) in [5.74, 6) is -0.807. The number of hydrogen-bond acceptors (Lipinski definition) is 3. The number of nitriles is 1. The van der Waals surface area contributed by atoms with Crippen LogP contribution in [0.15, 0.2) is 36.0 Å². The van der Waals surface area contributed by atoms with E-state index in [1.54, 1.807) is 6.07 Å². The number of nitrogens with two attached hydrogens (primary N) is 1. The lowest BCUT2D eigenvalue weighted by atomic mass is 10.1. The minimum atomic E-state index is -0.989. The number of carbonyl (C=O) groups is 2. The molecule has 6 nitrogen and oxygen atoms in total. The number of fused-ring (bicyclic) bond motifs is 1. The molecule has 0 fully saturated rings. The molecule has 0 radical (unpaired) electrons. The van der Waals surface area contributed by atoms with Crippen molar-refractivity contribution in [2.75, 3.05) is 0 Å². The fourth-order valence-corrected chi connectivity index (χ4v) is 2.14. The van der Waals surface area contributed by atoms with E-state index in [2.05, 4.69) is 0 Å². The zero-order chi connectivity index (χ0) is 15.4. The van der Waals surface area contributed by atoms with Gasteiger partial charge in [-0.1, -0.05) is 18.2 Å². The van der Waals surface area contributed by atoms with Gasteiger partial charge in [0, 0.05) is 29.2 Å². The monoisotopic (exact) mass is 282 g/mol. The molecule has 0 aliphatic heterocycles. The van der Waals surface area contributed by atoms with Gasteiger partial charge in [-0.3, -0.25) is 10.1 Å². The first kappa shape index (κ1) is 14.3. The molecule has 0 aliphatic carbocycles. The van der Waals surface area contributed by atoms with E-state index < -0.39 is 11.9 Å². The Hall–Kier alpha value is -3.07. The van der Waals surface area contributed by atoms with Crippen molar-refractivity contribution in [2.24, 2.45) is 5.73 Å². The van der Waals surface area contributed by atoms with Crippen molar-refractivity contribution in [3.05, 3.63) is 41.6 Å². The molecule has 0 saturated carbocycles. The molecule has 0 bridgehead atoms. The van der Waals surface area contributed by atoms with Gasteiger partial charge in [0.2, 0.25) is 0 Å². The normalized spacial score (nSPS) is 11.1. The molecule has 1 aromatic heterocycles. The van der Waals surface area contributed by atoms with Crippen LogP contribution < -0.4 is 11.1 Å². The van der Waals surface area contributed by atoms with Gasteiger partial charge in [-0.05, 0) is 19.1 Å². The lowest BCUT2D eigenvalue weighted by Crippen LogP contribution is -2.35. The van der Waals surface area contributed by atoms with Gasteiger partial charge >= 0.3 is 6.03 Å². The van der Waals surface area contributed by atoms with E-state index >= 15 is 0 Å². The standard InChI is InChI=1S/C15H14N4O2/c1-2-19-9-11(12-5-3-4-6-13(12)19)7-10(8-16)14(20)18-15(17)21/h3-7,9H,2H2,1H3,(H3,17,18,20,21)/b10-7-. The third-order valence-electron chi connectivity index (χ3n) is 3.06. The van der Waals surface area contributed by atoms with E-state index in [-0.39, 0.29) is 5.57 Å². The van der Waals surface area contributed by atoms with E-state index in [1.165, 1.54) is 6.08 Å². The number of imide groups is 1. The topological polar surface area (TPSA) is 101 Å². The molecule has 106 valence electrons. The highest BCUT2D eigenvalue weighted by molar-refractivity contribution is 6.09. The summed E-state index contributed by atoms with van der Waals surface area (Å²) in [4.78, 5) is 22.4. The first-order chi connectivity index (χ1) is 10.1. The van der Waals surface area contributed by atoms with Crippen LogP contribution in [0.5, 0.6) is 0 Å². The lowest BCUT2D eigenvalue weighted by molar-refractivity contribution is -0.115. The number of hydrogen-bond donors (Lipinski definition) is 2. The third kappa shape index (κ3) is 2.92. The fourth-order valence-electron chi connectivity index (χ4n) is 2.14. The number of amides is 3.